The maximum Gasteiger partial charge on any atom is 0.306 e. The van der Waals surface area contributed by atoms with Crippen LogP contribution in [-0.2, 0) is 10.2 Å². The van der Waals surface area contributed by atoms with Gasteiger partial charge in [0.1, 0.15) is 11.3 Å². The average Bonchev–Trinajstić information content (AvgIpc) is 3.45. The molecular weight excluding hydrogens is 462 g/mol. The van der Waals surface area contributed by atoms with E-state index in [1.807, 2.05) is 24.5 Å². The molecule has 1 aliphatic carbocycles. The first-order valence-corrected chi connectivity index (χ1v) is 12.2. The van der Waals surface area contributed by atoms with Crippen LogP contribution >= 0.6 is 0 Å². The number of nitriles is 1. The second kappa shape index (κ2) is 8.74. The van der Waals surface area contributed by atoms with Crippen molar-refractivity contribution in [3.8, 4) is 11.8 Å². The van der Waals surface area contributed by atoms with E-state index in [9.17, 15) is 19.6 Å². The molecule has 5 rings (SSSR count). The number of aromatic amines is 1. The lowest BCUT2D eigenvalue weighted by Gasteiger charge is -2.32. The standard InChI is InChI=1S/C28H28F2N4O2/c1-15-12-19(8-9-20(15)29)34-21-13-18-14-32-33-25(18)24(30)23(21)22(26(34)28(2,3)10-11-31)16-4-6-17(7-5-16)27(35)36/h8-9,12-14,16-17H,4-7,10H2,1-3H3,(H,32,33)(H,35,36). The van der Waals surface area contributed by atoms with Crippen LogP contribution in [0.15, 0.2) is 30.5 Å². The largest absolute Gasteiger partial charge is 0.481 e. The van der Waals surface area contributed by atoms with E-state index in [0.717, 1.165) is 11.3 Å². The quantitative estimate of drug-likeness (QED) is 0.328. The number of H-pyrrole nitrogens is 1. The van der Waals surface area contributed by atoms with Gasteiger partial charge in [0.05, 0.1) is 23.7 Å². The highest BCUT2D eigenvalue weighted by Crippen LogP contribution is 2.48. The zero-order valence-electron chi connectivity index (χ0n) is 20.5. The Morgan fingerprint density at radius 2 is 1.97 bits per heavy atom. The molecule has 186 valence electrons. The Bertz CT molecular complexity index is 1530. The summed E-state index contributed by atoms with van der Waals surface area (Å²) in [7, 11) is 0. The number of carboxylic acid groups (broad SMARTS) is 1. The molecule has 0 radical (unpaired) electrons. The van der Waals surface area contributed by atoms with E-state index in [1.165, 1.54) is 6.07 Å². The van der Waals surface area contributed by atoms with Gasteiger partial charge in [0.15, 0.2) is 5.82 Å². The van der Waals surface area contributed by atoms with Gasteiger partial charge >= 0.3 is 5.97 Å². The molecule has 1 aliphatic rings. The lowest BCUT2D eigenvalue weighted by Crippen LogP contribution is -2.26. The third-order valence-electron chi connectivity index (χ3n) is 7.69. The first kappa shape index (κ1) is 24.0. The van der Waals surface area contributed by atoms with Gasteiger partial charge in [-0.25, -0.2) is 8.78 Å². The minimum Gasteiger partial charge on any atom is -0.481 e. The van der Waals surface area contributed by atoms with Crippen LogP contribution in [0.25, 0.3) is 27.5 Å². The summed E-state index contributed by atoms with van der Waals surface area (Å²) in [4.78, 5) is 11.6. The molecule has 6 nitrogen and oxygen atoms in total. The fraction of sp³-hybridized carbons (Fsp3) is 0.393. The molecule has 8 heteroatoms. The summed E-state index contributed by atoms with van der Waals surface area (Å²) in [5.41, 5.74) is 3.05. The molecule has 1 fully saturated rings. The van der Waals surface area contributed by atoms with Crippen molar-refractivity contribution in [1.82, 2.24) is 14.8 Å². The number of fused-ring (bicyclic) bond motifs is 2. The van der Waals surface area contributed by atoms with Crippen LogP contribution in [0.3, 0.4) is 0 Å². The van der Waals surface area contributed by atoms with Gasteiger partial charge in [-0.15, -0.1) is 0 Å². The molecular formula is C28H28F2N4O2. The number of nitrogens with zero attached hydrogens (tertiary/aromatic N) is 3. The van der Waals surface area contributed by atoms with Crippen LogP contribution in [0, 0.1) is 35.8 Å². The number of hydrogen-bond donors (Lipinski definition) is 2. The van der Waals surface area contributed by atoms with Crippen molar-refractivity contribution < 1.29 is 18.7 Å². The first-order valence-electron chi connectivity index (χ1n) is 12.2. The van der Waals surface area contributed by atoms with Crippen molar-refractivity contribution in [3.63, 3.8) is 0 Å². The van der Waals surface area contributed by atoms with Gasteiger partial charge in [0.2, 0.25) is 0 Å². The molecule has 0 bridgehead atoms. The summed E-state index contributed by atoms with van der Waals surface area (Å²) >= 11 is 0. The number of halogens is 2. The number of carboxylic acids is 1. The maximum atomic E-state index is 16.2. The van der Waals surface area contributed by atoms with Crippen LogP contribution in [0.4, 0.5) is 8.78 Å². The third-order valence-corrected chi connectivity index (χ3v) is 7.69. The summed E-state index contributed by atoms with van der Waals surface area (Å²) in [5, 5.41) is 27.1. The normalized spacial score (nSPS) is 18.6. The van der Waals surface area contributed by atoms with Crippen molar-refractivity contribution in [2.45, 2.75) is 64.2 Å². The van der Waals surface area contributed by atoms with E-state index in [-0.39, 0.29) is 18.2 Å². The SMILES string of the molecule is Cc1cc(-n2c(C(C)(C)CC#N)c(C3CCC(C(=O)O)CC3)c3c(F)c4[nH]ncc4cc32)ccc1F. The van der Waals surface area contributed by atoms with Crippen LogP contribution in [0.5, 0.6) is 0 Å². The van der Waals surface area contributed by atoms with Gasteiger partial charge in [0, 0.05) is 34.0 Å². The average molecular weight is 491 g/mol. The number of aromatic nitrogens is 3. The topological polar surface area (TPSA) is 94.7 Å². The number of aryl methyl sites for hydroxylation is 1. The summed E-state index contributed by atoms with van der Waals surface area (Å²) in [5.74, 6) is -2.03. The molecule has 2 aromatic heterocycles. The van der Waals surface area contributed by atoms with Crippen molar-refractivity contribution in [3.05, 3.63) is 58.9 Å². The molecule has 1 saturated carbocycles. The van der Waals surface area contributed by atoms with E-state index >= 15 is 4.39 Å². The van der Waals surface area contributed by atoms with Gasteiger partial charge < -0.3 is 9.67 Å². The summed E-state index contributed by atoms with van der Waals surface area (Å²) in [6, 6.07) is 8.99. The molecule has 0 unspecified atom stereocenters. The van der Waals surface area contributed by atoms with E-state index in [0.29, 0.717) is 58.7 Å². The van der Waals surface area contributed by atoms with Gasteiger partial charge in [0.25, 0.3) is 0 Å². The first-order chi connectivity index (χ1) is 17.1. The number of nitrogens with one attached hydrogen (secondary N) is 1. The highest BCUT2D eigenvalue weighted by molar-refractivity contribution is 6.00. The van der Waals surface area contributed by atoms with Gasteiger partial charge in [-0.2, -0.15) is 10.4 Å². The number of carbonyl (C=O) groups is 1. The highest BCUT2D eigenvalue weighted by Gasteiger charge is 2.38. The Kier molecular flexibility index (Phi) is 5.82. The van der Waals surface area contributed by atoms with E-state index in [1.54, 1.807) is 25.3 Å². The van der Waals surface area contributed by atoms with Gasteiger partial charge in [-0.1, -0.05) is 13.8 Å². The molecule has 2 N–H and O–H groups in total. The van der Waals surface area contributed by atoms with E-state index < -0.39 is 23.1 Å². The Morgan fingerprint density at radius 1 is 1.25 bits per heavy atom. The zero-order chi connectivity index (χ0) is 25.8. The van der Waals surface area contributed by atoms with Crippen LogP contribution in [-0.4, -0.2) is 25.8 Å². The smallest absolute Gasteiger partial charge is 0.306 e. The predicted octanol–water partition coefficient (Wildman–Crippen LogP) is 6.64. The van der Waals surface area contributed by atoms with Crippen LogP contribution < -0.4 is 0 Å². The molecule has 0 aliphatic heterocycles. The summed E-state index contributed by atoms with van der Waals surface area (Å²) in [6.45, 7) is 5.62. The molecule has 0 amide bonds. The third kappa shape index (κ3) is 3.74. The van der Waals surface area contributed by atoms with Crippen molar-refractivity contribution in [2.75, 3.05) is 0 Å². The van der Waals surface area contributed by atoms with Crippen LogP contribution in [0.2, 0.25) is 0 Å². The minimum atomic E-state index is -0.798. The predicted molar refractivity (Wildman–Crippen MR) is 133 cm³/mol. The molecule has 2 aromatic carbocycles. The highest BCUT2D eigenvalue weighted by atomic mass is 19.1. The van der Waals surface area contributed by atoms with Gasteiger partial charge in [-0.05, 0) is 73.9 Å². The van der Waals surface area contributed by atoms with Crippen LogP contribution in [0.1, 0.15) is 68.7 Å². The summed E-state index contributed by atoms with van der Waals surface area (Å²) < 4.78 is 32.4. The molecule has 4 aromatic rings. The lowest BCUT2D eigenvalue weighted by atomic mass is 9.74. The number of rotatable bonds is 5. The Hall–Kier alpha value is -3.73. The fourth-order valence-corrected chi connectivity index (χ4v) is 5.84. The number of aliphatic carboxylic acids is 1. The fourth-order valence-electron chi connectivity index (χ4n) is 5.84. The molecule has 2 heterocycles. The Labute approximate surface area is 207 Å². The molecule has 0 spiro atoms. The monoisotopic (exact) mass is 490 g/mol. The van der Waals surface area contributed by atoms with E-state index in [4.69, 9.17) is 0 Å². The second-order valence-corrected chi connectivity index (χ2v) is 10.6. The van der Waals surface area contributed by atoms with Crippen molar-refractivity contribution in [1.29, 1.82) is 5.26 Å². The molecule has 36 heavy (non-hydrogen) atoms. The number of benzene rings is 2. The minimum absolute atomic E-state index is 0.0752. The molecule has 0 saturated heterocycles. The Morgan fingerprint density at radius 3 is 2.61 bits per heavy atom. The second-order valence-electron chi connectivity index (χ2n) is 10.6. The summed E-state index contributed by atoms with van der Waals surface area (Å²) in [6.07, 6.45) is 4.00. The number of hydrogen-bond acceptors (Lipinski definition) is 3. The van der Waals surface area contributed by atoms with Crippen molar-refractivity contribution in [2.24, 2.45) is 5.92 Å². The Balaban J connectivity index is 1.88. The van der Waals surface area contributed by atoms with E-state index in [2.05, 4.69) is 16.3 Å². The maximum absolute atomic E-state index is 16.2. The lowest BCUT2D eigenvalue weighted by molar-refractivity contribution is -0.142. The zero-order valence-corrected chi connectivity index (χ0v) is 20.5. The molecule has 0 atom stereocenters. The van der Waals surface area contributed by atoms with Crippen molar-refractivity contribution >= 4 is 27.8 Å². The van der Waals surface area contributed by atoms with Gasteiger partial charge in [-0.3, -0.25) is 9.89 Å².